The Kier molecular flexibility index (Phi) is 3.55. The molecule has 0 spiro atoms. The van der Waals surface area contributed by atoms with Gasteiger partial charge in [0, 0.05) is 18.0 Å². The predicted molar refractivity (Wildman–Crippen MR) is 79.4 cm³/mol. The van der Waals surface area contributed by atoms with Gasteiger partial charge in [0.05, 0.1) is 12.1 Å². The average molecular weight is 290 g/mol. The summed E-state index contributed by atoms with van der Waals surface area (Å²) >= 11 is 6.17. The number of ether oxygens (including phenoxy) is 2. The van der Waals surface area contributed by atoms with Crippen LogP contribution in [0.1, 0.15) is 29.7 Å². The van der Waals surface area contributed by atoms with Gasteiger partial charge in [0.2, 0.25) is 0 Å². The second-order valence-corrected chi connectivity index (χ2v) is 5.29. The highest BCUT2D eigenvalue weighted by molar-refractivity contribution is 6.32. The van der Waals surface area contributed by atoms with E-state index in [1.54, 1.807) is 7.11 Å². The molecule has 4 heteroatoms. The van der Waals surface area contributed by atoms with Gasteiger partial charge in [-0.3, -0.25) is 0 Å². The zero-order chi connectivity index (χ0) is 14.1. The Morgan fingerprint density at radius 1 is 1.25 bits per heavy atom. The van der Waals surface area contributed by atoms with E-state index in [9.17, 15) is 0 Å². The third-order valence-electron chi connectivity index (χ3n) is 3.60. The fourth-order valence-corrected chi connectivity index (χ4v) is 2.81. The van der Waals surface area contributed by atoms with Gasteiger partial charge in [-0.15, -0.1) is 0 Å². The van der Waals surface area contributed by atoms with E-state index >= 15 is 0 Å². The molecule has 2 aromatic rings. The highest BCUT2D eigenvalue weighted by atomic mass is 35.5. The summed E-state index contributed by atoms with van der Waals surface area (Å²) in [5.41, 5.74) is 8.30. The van der Waals surface area contributed by atoms with Crippen molar-refractivity contribution in [3.05, 3.63) is 58.6 Å². The van der Waals surface area contributed by atoms with Crippen molar-refractivity contribution in [1.82, 2.24) is 0 Å². The summed E-state index contributed by atoms with van der Waals surface area (Å²) in [5, 5.41) is 0.584. The van der Waals surface area contributed by atoms with E-state index in [-0.39, 0.29) is 12.1 Å². The molecular weight excluding hydrogens is 274 g/mol. The number of rotatable bonds is 2. The highest BCUT2D eigenvalue weighted by Gasteiger charge is 2.27. The van der Waals surface area contributed by atoms with Crippen molar-refractivity contribution >= 4 is 11.6 Å². The maximum absolute atomic E-state index is 6.23. The minimum absolute atomic E-state index is 0.0224. The molecule has 0 saturated carbocycles. The molecule has 0 bridgehead atoms. The second kappa shape index (κ2) is 5.35. The molecule has 3 rings (SSSR count). The van der Waals surface area contributed by atoms with Crippen molar-refractivity contribution < 1.29 is 9.47 Å². The average Bonchev–Trinajstić information content (AvgIpc) is 2.47. The molecule has 0 saturated heterocycles. The highest BCUT2D eigenvalue weighted by Crippen LogP contribution is 2.40. The lowest BCUT2D eigenvalue weighted by molar-refractivity contribution is 0.161. The molecule has 0 amide bonds. The van der Waals surface area contributed by atoms with Crippen molar-refractivity contribution in [2.24, 2.45) is 5.73 Å². The van der Waals surface area contributed by atoms with Crippen LogP contribution in [0, 0.1) is 0 Å². The molecular formula is C16H16ClNO2. The number of benzene rings is 2. The summed E-state index contributed by atoms with van der Waals surface area (Å²) in [6, 6.07) is 13.6. The summed E-state index contributed by atoms with van der Waals surface area (Å²) in [6.07, 6.45) is 0.656. The zero-order valence-electron chi connectivity index (χ0n) is 11.2. The maximum atomic E-state index is 6.23. The van der Waals surface area contributed by atoms with E-state index in [1.807, 2.05) is 42.5 Å². The van der Waals surface area contributed by atoms with E-state index < -0.39 is 0 Å². The molecule has 3 nitrogen and oxygen atoms in total. The maximum Gasteiger partial charge on any atom is 0.137 e. The smallest absolute Gasteiger partial charge is 0.137 e. The van der Waals surface area contributed by atoms with Gasteiger partial charge in [0.15, 0.2) is 0 Å². The van der Waals surface area contributed by atoms with Crippen LogP contribution in [0.3, 0.4) is 0 Å². The minimum atomic E-state index is -0.0803. The van der Waals surface area contributed by atoms with Crippen molar-refractivity contribution in [2.75, 3.05) is 7.11 Å². The molecule has 20 heavy (non-hydrogen) atoms. The first-order valence-electron chi connectivity index (χ1n) is 6.53. The first kappa shape index (κ1) is 13.3. The normalized spacial score (nSPS) is 20.9. The van der Waals surface area contributed by atoms with Gasteiger partial charge in [-0.1, -0.05) is 35.9 Å². The fourth-order valence-electron chi connectivity index (χ4n) is 2.54. The Morgan fingerprint density at radius 2 is 2.05 bits per heavy atom. The largest absolute Gasteiger partial charge is 0.495 e. The summed E-state index contributed by atoms with van der Waals surface area (Å²) in [7, 11) is 1.60. The van der Waals surface area contributed by atoms with Gasteiger partial charge >= 0.3 is 0 Å². The second-order valence-electron chi connectivity index (χ2n) is 4.88. The number of hydrogen-bond acceptors (Lipinski definition) is 3. The molecule has 2 N–H and O–H groups in total. The Balaban J connectivity index is 1.91. The molecule has 2 aromatic carbocycles. The van der Waals surface area contributed by atoms with Crippen LogP contribution in [-0.4, -0.2) is 7.11 Å². The number of hydrogen-bond donors (Lipinski definition) is 1. The Hall–Kier alpha value is -1.71. The predicted octanol–water partition coefficient (Wildman–Crippen LogP) is 3.87. The first-order chi connectivity index (χ1) is 9.69. The minimum Gasteiger partial charge on any atom is -0.495 e. The molecule has 2 atom stereocenters. The molecule has 0 aromatic heterocycles. The lowest BCUT2D eigenvalue weighted by atomic mass is 9.93. The summed E-state index contributed by atoms with van der Waals surface area (Å²) in [6.45, 7) is 0. The van der Waals surface area contributed by atoms with Crippen molar-refractivity contribution in [1.29, 1.82) is 0 Å². The van der Waals surface area contributed by atoms with Crippen molar-refractivity contribution in [2.45, 2.75) is 18.6 Å². The van der Waals surface area contributed by atoms with Gasteiger partial charge in [0.1, 0.15) is 17.6 Å². The van der Waals surface area contributed by atoms with Crippen molar-refractivity contribution in [3.63, 3.8) is 0 Å². The van der Waals surface area contributed by atoms with Crippen LogP contribution in [0.25, 0.3) is 0 Å². The topological polar surface area (TPSA) is 44.5 Å². The van der Waals surface area contributed by atoms with Crippen LogP contribution in [-0.2, 0) is 0 Å². The zero-order valence-corrected chi connectivity index (χ0v) is 11.9. The third kappa shape index (κ3) is 2.35. The van der Waals surface area contributed by atoms with E-state index in [4.69, 9.17) is 26.8 Å². The van der Waals surface area contributed by atoms with Gasteiger partial charge < -0.3 is 15.2 Å². The Labute approximate surface area is 123 Å². The Bertz CT molecular complexity index is 630. The molecule has 1 aliphatic rings. The summed E-state index contributed by atoms with van der Waals surface area (Å²) in [5.74, 6) is 1.51. The fraction of sp³-hybridized carbons (Fsp3) is 0.250. The van der Waals surface area contributed by atoms with Crippen LogP contribution in [0.4, 0.5) is 0 Å². The van der Waals surface area contributed by atoms with Gasteiger partial charge in [0.25, 0.3) is 0 Å². The molecule has 0 aliphatic carbocycles. The number of fused-ring (bicyclic) bond motifs is 1. The molecule has 104 valence electrons. The Morgan fingerprint density at radius 3 is 2.80 bits per heavy atom. The van der Waals surface area contributed by atoms with E-state index in [0.717, 1.165) is 23.3 Å². The molecule has 0 fully saturated rings. The standard InChI is InChI=1S/C16H16ClNO2/c1-19-15-7-6-10(8-12(15)17)16-9-13(18)11-4-2-3-5-14(11)20-16/h2-8,13,16H,9,18H2,1H3/t13-,16?/m1/s1. The van der Waals surface area contributed by atoms with Gasteiger partial charge in [-0.25, -0.2) is 0 Å². The molecule has 1 unspecified atom stereocenters. The van der Waals surface area contributed by atoms with E-state index in [1.165, 1.54) is 0 Å². The van der Waals surface area contributed by atoms with Gasteiger partial charge in [-0.2, -0.15) is 0 Å². The lowest BCUT2D eigenvalue weighted by Crippen LogP contribution is -2.24. The van der Waals surface area contributed by atoms with Gasteiger partial charge in [-0.05, 0) is 23.8 Å². The third-order valence-corrected chi connectivity index (χ3v) is 3.90. The monoisotopic (exact) mass is 289 g/mol. The number of halogens is 1. The van der Waals surface area contributed by atoms with Crippen molar-refractivity contribution in [3.8, 4) is 11.5 Å². The van der Waals surface area contributed by atoms with Crippen LogP contribution in [0.15, 0.2) is 42.5 Å². The number of nitrogens with two attached hydrogens (primary N) is 1. The summed E-state index contributed by atoms with van der Waals surface area (Å²) < 4.78 is 11.2. The first-order valence-corrected chi connectivity index (χ1v) is 6.91. The lowest BCUT2D eigenvalue weighted by Gasteiger charge is -2.30. The quantitative estimate of drug-likeness (QED) is 0.913. The number of para-hydroxylation sites is 1. The van der Waals surface area contributed by atoms with Crippen LogP contribution in [0.2, 0.25) is 5.02 Å². The van der Waals surface area contributed by atoms with E-state index in [0.29, 0.717) is 10.8 Å². The molecule has 0 radical (unpaired) electrons. The van der Waals surface area contributed by atoms with E-state index in [2.05, 4.69) is 0 Å². The molecule has 1 heterocycles. The summed E-state index contributed by atoms with van der Waals surface area (Å²) in [4.78, 5) is 0. The van der Waals surface area contributed by atoms with Crippen LogP contribution in [0.5, 0.6) is 11.5 Å². The number of methoxy groups -OCH3 is 1. The van der Waals surface area contributed by atoms with Crippen LogP contribution < -0.4 is 15.2 Å². The molecule has 1 aliphatic heterocycles. The SMILES string of the molecule is COc1ccc(C2C[C@@H](N)c3ccccc3O2)cc1Cl. The van der Waals surface area contributed by atoms with Crippen LogP contribution >= 0.6 is 11.6 Å².